The minimum atomic E-state index is -0.968. The molecular weight excluding hydrogens is 274 g/mol. The van der Waals surface area contributed by atoms with E-state index in [4.69, 9.17) is 9.47 Å². The van der Waals surface area contributed by atoms with E-state index in [1.165, 1.54) is 19.1 Å². The molecule has 1 aliphatic rings. The fourth-order valence-electron chi connectivity index (χ4n) is 2.57. The highest BCUT2D eigenvalue weighted by molar-refractivity contribution is 5.99. The van der Waals surface area contributed by atoms with Gasteiger partial charge < -0.3 is 19.5 Å². The van der Waals surface area contributed by atoms with Crippen molar-refractivity contribution >= 4 is 11.9 Å². The number of carbonyl (C=O) groups excluding carboxylic acids is 1. The average Bonchev–Trinajstić information content (AvgIpc) is 2.53. The number of benzene rings is 1. The lowest BCUT2D eigenvalue weighted by Gasteiger charge is -2.33. The molecule has 1 amide bonds. The molecule has 0 spiro atoms. The third kappa shape index (κ3) is 3.09. The maximum absolute atomic E-state index is 12.7. The first kappa shape index (κ1) is 15.2. The van der Waals surface area contributed by atoms with Crippen LogP contribution in [0.5, 0.6) is 11.5 Å². The van der Waals surface area contributed by atoms with Crippen molar-refractivity contribution in [1.29, 1.82) is 0 Å². The summed E-state index contributed by atoms with van der Waals surface area (Å²) in [5.74, 6) is -0.360. The van der Waals surface area contributed by atoms with E-state index in [1.54, 1.807) is 18.2 Å². The van der Waals surface area contributed by atoms with Crippen molar-refractivity contribution in [2.45, 2.75) is 25.3 Å². The highest BCUT2D eigenvalue weighted by Crippen LogP contribution is 2.28. The Bertz CT molecular complexity index is 543. The molecule has 0 aromatic heterocycles. The number of hydrogen-bond donors (Lipinski definition) is 1. The summed E-state index contributed by atoms with van der Waals surface area (Å²) in [6.45, 7) is 0.441. The van der Waals surface area contributed by atoms with Crippen molar-refractivity contribution in [3.8, 4) is 11.5 Å². The number of methoxy groups -OCH3 is 2. The van der Waals surface area contributed by atoms with E-state index in [1.807, 2.05) is 0 Å². The summed E-state index contributed by atoms with van der Waals surface area (Å²) in [6, 6.07) is 4.14. The van der Waals surface area contributed by atoms with Gasteiger partial charge in [-0.05, 0) is 37.5 Å². The number of hydrogen-bond acceptors (Lipinski definition) is 4. The predicted octanol–water partition coefficient (Wildman–Crippen LogP) is 1.78. The molecule has 0 saturated carbocycles. The Kier molecular flexibility index (Phi) is 4.67. The summed E-state index contributed by atoms with van der Waals surface area (Å²) in [5, 5.41) is 9.28. The number of aliphatic carboxylic acids is 1. The molecule has 1 fully saturated rings. The highest BCUT2D eigenvalue weighted by atomic mass is 16.5. The molecule has 1 saturated heterocycles. The van der Waals surface area contributed by atoms with Crippen LogP contribution in [-0.4, -0.2) is 48.7 Å². The van der Waals surface area contributed by atoms with Crippen molar-refractivity contribution in [1.82, 2.24) is 4.90 Å². The monoisotopic (exact) mass is 293 g/mol. The maximum Gasteiger partial charge on any atom is 0.326 e. The zero-order chi connectivity index (χ0) is 15.4. The van der Waals surface area contributed by atoms with Crippen LogP contribution in [0.2, 0.25) is 0 Å². The SMILES string of the molecule is COc1ccc(OC)c(C(=O)N2CCCCC2C(=O)O)c1. The first-order valence-electron chi connectivity index (χ1n) is 6.84. The molecule has 0 radical (unpaired) electrons. The fraction of sp³-hybridized carbons (Fsp3) is 0.467. The zero-order valence-electron chi connectivity index (χ0n) is 12.2. The van der Waals surface area contributed by atoms with Crippen LogP contribution in [0, 0.1) is 0 Å². The summed E-state index contributed by atoms with van der Waals surface area (Å²) in [4.78, 5) is 25.4. The molecule has 1 aromatic carbocycles. The van der Waals surface area contributed by atoms with E-state index >= 15 is 0 Å². The number of piperidine rings is 1. The molecule has 6 heteroatoms. The summed E-state index contributed by atoms with van der Waals surface area (Å²) in [7, 11) is 2.99. The Morgan fingerprint density at radius 3 is 2.62 bits per heavy atom. The smallest absolute Gasteiger partial charge is 0.326 e. The molecule has 1 unspecified atom stereocenters. The second-order valence-electron chi connectivity index (χ2n) is 4.91. The van der Waals surface area contributed by atoms with Gasteiger partial charge in [-0.15, -0.1) is 0 Å². The predicted molar refractivity (Wildman–Crippen MR) is 75.9 cm³/mol. The van der Waals surface area contributed by atoms with Gasteiger partial charge in [0.1, 0.15) is 17.5 Å². The van der Waals surface area contributed by atoms with Crippen LogP contribution >= 0.6 is 0 Å². The second kappa shape index (κ2) is 6.47. The van der Waals surface area contributed by atoms with Gasteiger partial charge in [0.25, 0.3) is 5.91 Å². The number of ether oxygens (including phenoxy) is 2. The van der Waals surface area contributed by atoms with E-state index in [0.717, 1.165) is 12.8 Å². The van der Waals surface area contributed by atoms with E-state index < -0.39 is 12.0 Å². The molecule has 21 heavy (non-hydrogen) atoms. The number of amides is 1. The molecule has 0 bridgehead atoms. The van der Waals surface area contributed by atoms with E-state index in [2.05, 4.69) is 0 Å². The fourth-order valence-corrected chi connectivity index (χ4v) is 2.57. The number of carboxylic acid groups (broad SMARTS) is 1. The average molecular weight is 293 g/mol. The van der Waals surface area contributed by atoms with Crippen LogP contribution in [0.1, 0.15) is 29.6 Å². The van der Waals surface area contributed by atoms with E-state index in [9.17, 15) is 14.7 Å². The number of likely N-dealkylation sites (tertiary alicyclic amines) is 1. The first-order valence-corrected chi connectivity index (χ1v) is 6.84. The van der Waals surface area contributed by atoms with Gasteiger partial charge in [-0.1, -0.05) is 0 Å². The largest absolute Gasteiger partial charge is 0.497 e. The minimum Gasteiger partial charge on any atom is -0.497 e. The normalized spacial score (nSPS) is 18.2. The Balaban J connectivity index is 2.35. The molecule has 1 aromatic rings. The quantitative estimate of drug-likeness (QED) is 0.915. The first-order chi connectivity index (χ1) is 10.1. The highest BCUT2D eigenvalue weighted by Gasteiger charge is 2.33. The molecule has 6 nitrogen and oxygen atoms in total. The minimum absolute atomic E-state index is 0.324. The Hall–Kier alpha value is -2.24. The third-order valence-electron chi connectivity index (χ3n) is 3.69. The molecular formula is C15H19NO5. The van der Waals surface area contributed by atoms with E-state index in [-0.39, 0.29) is 5.91 Å². The summed E-state index contributed by atoms with van der Waals surface area (Å²) in [6.07, 6.45) is 2.10. The second-order valence-corrected chi connectivity index (χ2v) is 4.91. The molecule has 1 N–H and O–H groups in total. The molecule has 1 aliphatic heterocycles. The Morgan fingerprint density at radius 2 is 2.00 bits per heavy atom. The lowest BCUT2D eigenvalue weighted by atomic mass is 10.0. The van der Waals surface area contributed by atoms with Crippen LogP contribution in [0.3, 0.4) is 0 Å². The van der Waals surface area contributed by atoms with Gasteiger partial charge in [0, 0.05) is 6.54 Å². The van der Waals surface area contributed by atoms with Crippen LogP contribution in [-0.2, 0) is 4.79 Å². The van der Waals surface area contributed by atoms with Crippen molar-refractivity contribution in [3.63, 3.8) is 0 Å². The summed E-state index contributed by atoms with van der Waals surface area (Å²) in [5.41, 5.74) is 0.324. The van der Waals surface area contributed by atoms with Crippen molar-refractivity contribution in [2.75, 3.05) is 20.8 Å². The van der Waals surface area contributed by atoms with Gasteiger partial charge in [-0.3, -0.25) is 4.79 Å². The molecule has 1 heterocycles. The molecule has 1 atom stereocenters. The van der Waals surface area contributed by atoms with Crippen LogP contribution in [0.15, 0.2) is 18.2 Å². The third-order valence-corrected chi connectivity index (χ3v) is 3.69. The Labute approximate surface area is 123 Å². The van der Waals surface area contributed by atoms with Gasteiger partial charge in [-0.2, -0.15) is 0 Å². The molecule has 2 rings (SSSR count). The van der Waals surface area contributed by atoms with Crippen molar-refractivity contribution in [2.24, 2.45) is 0 Å². The lowest BCUT2D eigenvalue weighted by molar-refractivity contribution is -0.143. The summed E-state index contributed by atoms with van der Waals surface area (Å²) >= 11 is 0. The van der Waals surface area contributed by atoms with Crippen LogP contribution in [0.4, 0.5) is 0 Å². The number of rotatable bonds is 4. The Morgan fingerprint density at radius 1 is 1.24 bits per heavy atom. The maximum atomic E-state index is 12.7. The lowest BCUT2D eigenvalue weighted by Crippen LogP contribution is -2.48. The number of carbonyl (C=O) groups is 2. The van der Waals surface area contributed by atoms with E-state index in [0.29, 0.717) is 30.0 Å². The standard InChI is InChI=1S/C15H19NO5/c1-20-10-6-7-13(21-2)11(9-10)14(17)16-8-4-3-5-12(16)15(18)19/h6-7,9,12H,3-5,8H2,1-2H3,(H,18,19). The molecule has 0 aliphatic carbocycles. The summed E-state index contributed by atoms with van der Waals surface area (Å²) < 4.78 is 10.3. The zero-order valence-corrected chi connectivity index (χ0v) is 12.2. The van der Waals surface area contributed by atoms with Gasteiger partial charge >= 0.3 is 5.97 Å². The topological polar surface area (TPSA) is 76.1 Å². The van der Waals surface area contributed by atoms with Gasteiger partial charge in [-0.25, -0.2) is 4.79 Å². The number of nitrogens with zero attached hydrogens (tertiary/aromatic N) is 1. The van der Waals surface area contributed by atoms with Crippen molar-refractivity contribution in [3.05, 3.63) is 23.8 Å². The molecule has 114 valence electrons. The van der Waals surface area contributed by atoms with Crippen LogP contribution in [0.25, 0.3) is 0 Å². The number of carboxylic acids is 1. The van der Waals surface area contributed by atoms with Gasteiger partial charge in [0.15, 0.2) is 0 Å². The van der Waals surface area contributed by atoms with Crippen molar-refractivity contribution < 1.29 is 24.2 Å². The van der Waals surface area contributed by atoms with Gasteiger partial charge in [0.05, 0.1) is 19.8 Å². The van der Waals surface area contributed by atoms with Gasteiger partial charge in [0.2, 0.25) is 0 Å². The van der Waals surface area contributed by atoms with Crippen LogP contribution < -0.4 is 9.47 Å².